The highest BCUT2D eigenvalue weighted by Crippen LogP contribution is 2.77. The van der Waals surface area contributed by atoms with Crippen LogP contribution in [-0.4, -0.2) is 22.3 Å². The number of carboxylic acids is 1. The Morgan fingerprint density at radius 2 is 1.52 bits per heavy atom. The monoisotopic (exact) mass is 456 g/mol. The number of aliphatic hydroxyl groups excluding tert-OH is 1. The van der Waals surface area contributed by atoms with Gasteiger partial charge in [-0.05, 0) is 122 Å². The molecule has 0 radical (unpaired) electrons. The van der Waals surface area contributed by atoms with E-state index in [1.54, 1.807) is 0 Å². The average Bonchev–Trinajstić information content (AvgIpc) is 3.13. The van der Waals surface area contributed by atoms with Gasteiger partial charge >= 0.3 is 5.97 Å². The van der Waals surface area contributed by atoms with E-state index >= 15 is 0 Å². The fourth-order valence-electron chi connectivity index (χ4n) is 11.5. The topological polar surface area (TPSA) is 57.5 Å². The number of aliphatic hydroxyl groups is 1. The number of allylic oxidation sites excluding steroid dienone is 1. The Morgan fingerprint density at radius 3 is 2.15 bits per heavy atom. The molecule has 0 aliphatic heterocycles. The number of carbonyl (C=O) groups is 1. The molecule has 0 amide bonds. The van der Waals surface area contributed by atoms with Crippen LogP contribution in [0.25, 0.3) is 0 Å². The predicted octanol–water partition coefficient (Wildman–Crippen LogP) is 7.09. The highest BCUT2D eigenvalue weighted by atomic mass is 16.4. The molecule has 2 N–H and O–H groups in total. The summed E-state index contributed by atoms with van der Waals surface area (Å²) >= 11 is 0. The first kappa shape index (κ1) is 23.9. The van der Waals surface area contributed by atoms with Crippen molar-refractivity contribution in [3.05, 3.63) is 12.2 Å². The standard InChI is InChI=1S/C30H48O3/c1-18(2)19-10-15-30(25(32)33)17-16-28(6)20(24(19)30)8-9-22-27(5)13-12-23(31)26(3,4)21(27)11-14-29(22,28)7/h19-24,31H,1,8-17H2,2-7H3,(H,32,33)/t19-,20+,21?,22+,23-,24?,27-,28+,29+,30-/m0/s1. The lowest BCUT2D eigenvalue weighted by atomic mass is 9.32. The second-order valence-electron chi connectivity index (χ2n) is 14.5. The van der Waals surface area contributed by atoms with Crippen LogP contribution in [0, 0.1) is 56.7 Å². The Labute approximate surface area is 201 Å². The lowest BCUT2D eigenvalue weighted by Crippen LogP contribution is -2.67. The molecule has 2 unspecified atom stereocenters. The zero-order valence-electron chi connectivity index (χ0n) is 22.0. The highest BCUT2D eigenvalue weighted by molar-refractivity contribution is 5.76. The van der Waals surface area contributed by atoms with Gasteiger partial charge in [0.25, 0.3) is 0 Å². The zero-order chi connectivity index (χ0) is 24.2. The molecular weight excluding hydrogens is 408 g/mol. The molecule has 5 aliphatic rings. The Bertz CT molecular complexity index is 861. The molecule has 0 aromatic heterocycles. The van der Waals surface area contributed by atoms with E-state index in [-0.39, 0.29) is 33.7 Å². The third-order valence-electron chi connectivity index (χ3n) is 13.5. The molecule has 5 saturated carbocycles. The van der Waals surface area contributed by atoms with Crippen molar-refractivity contribution in [2.75, 3.05) is 0 Å². The third kappa shape index (κ3) is 2.75. The van der Waals surface area contributed by atoms with Gasteiger partial charge in [0.05, 0.1) is 11.5 Å². The molecule has 0 spiro atoms. The fourth-order valence-corrected chi connectivity index (χ4v) is 11.5. The molecule has 0 heterocycles. The van der Waals surface area contributed by atoms with Gasteiger partial charge in [0.1, 0.15) is 0 Å². The maximum Gasteiger partial charge on any atom is 0.309 e. The Morgan fingerprint density at radius 1 is 0.818 bits per heavy atom. The molecule has 0 bridgehead atoms. The number of rotatable bonds is 2. The lowest BCUT2D eigenvalue weighted by molar-refractivity contribution is -0.248. The van der Waals surface area contributed by atoms with E-state index in [1.807, 2.05) is 0 Å². The zero-order valence-corrected chi connectivity index (χ0v) is 22.0. The van der Waals surface area contributed by atoms with Crippen molar-refractivity contribution in [1.29, 1.82) is 0 Å². The number of fused-ring (bicyclic) bond motifs is 7. The van der Waals surface area contributed by atoms with Crippen LogP contribution in [0.2, 0.25) is 0 Å². The molecule has 10 atom stereocenters. The van der Waals surface area contributed by atoms with Crippen molar-refractivity contribution < 1.29 is 15.0 Å². The molecule has 33 heavy (non-hydrogen) atoms. The molecule has 5 aliphatic carbocycles. The van der Waals surface area contributed by atoms with Gasteiger partial charge in [0.15, 0.2) is 0 Å². The van der Waals surface area contributed by atoms with E-state index in [4.69, 9.17) is 0 Å². The van der Waals surface area contributed by atoms with Gasteiger partial charge in [0.2, 0.25) is 0 Å². The van der Waals surface area contributed by atoms with Crippen LogP contribution in [0.1, 0.15) is 106 Å². The van der Waals surface area contributed by atoms with E-state index in [2.05, 4.69) is 48.1 Å². The first-order valence-corrected chi connectivity index (χ1v) is 13.8. The minimum Gasteiger partial charge on any atom is -0.481 e. The first-order valence-electron chi connectivity index (χ1n) is 13.8. The van der Waals surface area contributed by atoms with Crippen molar-refractivity contribution >= 4 is 5.97 Å². The largest absolute Gasteiger partial charge is 0.481 e. The van der Waals surface area contributed by atoms with Crippen LogP contribution in [0.4, 0.5) is 0 Å². The molecule has 3 heteroatoms. The van der Waals surface area contributed by atoms with Gasteiger partial charge < -0.3 is 10.2 Å². The van der Waals surface area contributed by atoms with E-state index in [0.717, 1.165) is 38.5 Å². The van der Waals surface area contributed by atoms with Crippen LogP contribution < -0.4 is 0 Å². The second-order valence-corrected chi connectivity index (χ2v) is 14.5. The molecule has 0 aromatic carbocycles. The maximum absolute atomic E-state index is 12.8. The van der Waals surface area contributed by atoms with E-state index in [0.29, 0.717) is 23.7 Å². The van der Waals surface area contributed by atoms with Crippen LogP contribution in [0.15, 0.2) is 12.2 Å². The van der Waals surface area contributed by atoms with Crippen LogP contribution in [0.3, 0.4) is 0 Å². The average molecular weight is 457 g/mol. The summed E-state index contributed by atoms with van der Waals surface area (Å²) in [6.45, 7) is 18.8. The summed E-state index contributed by atoms with van der Waals surface area (Å²) in [5, 5.41) is 21.4. The third-order valence-corrected chi connectivity index (χ3v) is 13.5. The van der Waals surface area contributed by atoms with Crippen molar-refractivity contribution in [3.8, 4) is 0 Å². The summed E-state index contributed by atoms with van der Waals surface area (Å²) in [4.78, 5) is 12.8. The summed E-state index contributed by atoms with van der Waals surface area (Å²) in [5.41, 5.74) is 1.35. The summed E-state index contributed by atoms with van der Waals surface area (Å²) in [5.74, 6) is 1.79. The van der Waals surface area contributed by atoms with Gasteiger partial charge in [-0.1, -0.05) is 46.8 Å². The molecule has 0 saturated heterocycles. The molecule has 5 rings (SSSR count). The summed E-state index contributed by atoms with van der Waals surface area (Å²) in [6.07, 6.45) is 10.5. The Balaban J connectivity index is 1.57. The molecule has 5 fully saturated rings. The lowest BCUT2D eigenvalue weighted by Gasteiger charge is -2.72. The SMILES string of the molecule is C=C(C)[C@@H]1CC[C@]2(C(=O)O)CC[C@]3(C)[C@H](CC[C@@H]4[C@@]5(C)CC[C@H](O)C(C)(C)C5CC[C@]43C)C12. The molecular formula is C30H48O3. The maximum atomic E-state index is 12.8. The van der Waals surface area contributed by atoms with Crippen LogP contribution in [0.5, 0.6) is 0 Å². The fraction of sp³-hybridized carbons (Fsp3) is 0.900. The smallest absolute Gasteiger partial charge is 0.309 e. The van der Waals surface area contributed by atoms with Crippen LogP contribution in [-0.2, 0) is 4.79 Å². The number of carboxylic acid groups (broad SMARTS) is 1. The minimum absolute atomic E-state index is 0.0202. The minimum atomic E-state index is -0.538. The van der Waals surface area contributed by atoms with Gasteiger partial charge in [-0.2, -0.15) is 0 Å². The predicted molar refractivity (Wildman–Crippen MR) is 133 cm³/mol. The molecule has 186 valence electrons. The number of aliphatic carboxylic acids is 1. The highest BCUT2D eigenvalue weighted by Gasteiger charge is 2.71. The summed E-state index contributed by atoms with van der Waals surface area (Å²) < 4.78 is 0. The number of hydrogen-bond donors (Lipinski definition) is 2. The van der Waals surface area contributed by atoms with Crippen molar-refractivity contribution in [1.82, 2.24) is 0 Å². The molecule has 0 aromatic rings. The van der Waals surface area contributed by atoms with Gasteiger partial charge in [-0.3, -0.25) is 4.79 Å². The summed E-state index contributed by atoms with van der Waals surface area (Å²) in [7, 11) is 0. The van der Waals surface area contributed by atoms with Gasteiger partial charge in [-0.15, -0.1) is 0 Å². The van der Waals surface area contributed by atoms with Crippen molar-refractivity contribution in [2.24, 2.45) is 56.7 Å². The van der Waals surface area contributed by atoms with Crippen molar-refractivity contribution in [2.45, 2.75) is 112 Å². The Hall–Kier alpha value is -0.830. The van der Waals surface area contributed by atoms with Gasteiger partial charge in [0, 0.05) is 0 Å². The second kappa shape index (κ2) is 7.11. The van der Waals surface area contributed by atoms with E-state index in [1.165, 1.54) is 31.3 Å². The van der Waals surface area contributed by atoms with Gasteiger partial charge in [-0.25, -0.2) is 0 Å². The summed E-state index contributed by atoms with van der Waals surface area (Å²) in [6, 6.07) is 0. The van der Waals surface area contributed by atoms with E-state index < -0.39 is 11.4 Å². The number of hydrogen-bond acceptors (Lipinski definition) is 2. The first-order chi connectivity index (χ1) is 15.3. The Kier molecular flexibility index (Phi) is 5.15. The van der Waals surface area contributed by atoms with Crippen LogP contribution >= 0.6 is 0 Å². The normalized spacial score (nSPS) is 55.0. The molecule has 3 nitrogen and oxygen atoms in total. The van der Waals surface area contributed by atoms with Crippen molar-refractivity contribution in [3.63, 3.8) is 0 Å². The quantitative estimate of drug-likeness (QED) is 0.436. The van der Waals surface area contributed by atoms with E-state index in [9.17, 15) is 15.0 Å².